The number of carbonyl (C=O) groups excluding carboxylic acids is 2. The van der Waals surface area contributed by atoms with Gasteiger partial charge >= 0.3 is 0 Å². The number of nitrogens with zero attached hydrogens (tertiary/aromatic N) is 2. The van der Waals surface area contributed by atoms with Crippen LogP contribution in [0.15, 0.2) is 42.5 Å². The van der Waals surface area contributed by atoms with Crippen molar-refractivity contribution in [2.24, 2.45) is 0 Å². The number of quaternary nitrogens is 1. The highest BCUT2D eigenvalue weighted by atomic mass is 32.2. The second kappa shape index (κ2) is 14.4. The molecule has 0 saturated carbocycles. The van der Waals surface area contributed by atoms with Crippen molar-refractivity contribution in [2.75, 3.05) is 65.5 Å². The Morgan fingerprint density at radius 3 is 2.53 bits per heavy atom. The Kier molecular flexibility index (Phi) is 10.8. The number of allylic oxidation sites excluding steroid dienone is 1. The van der Waals surface area contributed by atoms with Gasteiger partial charge in [-0.1, -0.05) is 18.2 Å². The lowest BCUT2D eigenvalue weighted by atomic mass is 9.97. The van der Waals surface area contributed by atoms with E-state index in [1.165, 1.54) is 13.2 Å². The molecule has 1 amide bonds. The largest absolute Gasteiger partial charge is 0.506 e. The molecule has 1 fully saturated rings. The zero-order valence-electron chi connectivity index (χ0n) is 26.1. The molecule has 1 N–H and O–H groups in total. The highest BCUT2D eigenvalue weighted by Crippen LogP contribution is 2.43. The number of hydrogen-bond donors (Lipinski definition) is 1. The van der Waals surface area contributed by atoms with E-state index in [0.717, 1.165) is 61.7 Å². The van der Waals surface area contributed by atoms with E-state index in [1.807, 2.05) is 60.9 Å². The predicted molar refractivity (Wildman–Crippen MR) is 173 cm³/mol. The lowest BCUT2D eigenvalue weighted by molar-refractivity contribution is -0.883. The summed E-state index contributed by atoms with van der Waals surface area (Å²) in [5.41, 5.74) is 0.875. The van der Waals surface area contributed by atoms with E-state index in [1.54, 1.807) is 18.2 Å². The first-order valence-corrected chi connectivity index (χ1v) is 16.1. The number of rotatable bonds is 13. The number of unbranched alkanes of at least 4 members (excludes halogenated alkanes) is 2. The number of hydrogen-bond acceptors (Lipinski definition) is 7. The molecule has 2 aliphatic heterocycles. The van der Waals surface area contributed by atoms with Gasteiger partial charge in [0.25, 0.3) is 5.91 Å². The van der Waals surface area contributed by atoms with Crippen molar-refractivity contribution in [3.05, 3.63) is 59.2 Å². The molecule has 0 bridgehead atoms. The number of methoxy groups -OCH3 is 1. The first kappa shape index (κ1) is 32.5. The first-order valence-electron chi connectivity index (χ1n) is 14.9. The molecule has 8 nitrogen and oxygen atoms in total. The quantitative estimate of drug-likeness (QED) is 0.135. The summed E-state index contributed by atoms with van der Waals surface area (Å²) in [5, 5.41) is 10.9. The zero-order valence-corrected chi connectivity index (χ0v) is 26.9. The summed E-state index contributed by atoms with van der Waals surface area (Å²) < 4.78 is 18.0. The number of carbonyl (C=O) groups is 2. The number of ketones is 1. The molecule has 0 aliphatic carbocycles. The number of amides is 1. The SMILES string of the molecule is COc1cc2c(c(O)c1C(=O)/C=C/c1ccc(OCCCCC[N+](C)(C)CC(=O)N3CCSCC3)cc1)C=CC(C)(C)O2. The van der Waals surface area contributed by atoms with Gasteiger partial charge in [-0.2, -0.15) is 11.8 Å². The van der Waals surface area contributed by atoms with Crippen LogP contribution >= 0.6 is 11.8 Å². The Labute approximate surface area is 259 Å². The van der Waals surface area contributed by atoms with E-state index >= 15 is 0 Å². The number of likely N-dealkylation sites (N-methyl/N-ethyl adjacent to an activating group) is 1. The molecule has 2 aromatic rings. The summed E-state index contributed by atoms with van der Waals surface area (Å²) in [6, 6.07) is 9.19. The van der Waals surface area contributed by atoms with E-state index in [9.17, 15) is 14.7 Å². The van der Waals surface area contributed by atoms with Gasteiger partial charge in [0.1, 0.15) is 34.2 Å². The lowest BCUT2D eigenvalue weighted by Crippen LogP contribution is -2.50. The van der Waals surface area contributed by atoms with Crippen molar-refractivity contribution in [2.45, 2.75) is 38.7 Å². The molecule has 0 aromatic heterocycles. The topological polar surface area (TPSA) is 85.3 Å². The van der Waals surface area contributed by atoms with Gasteiger partial charge in [0.2, 0.25) is 0 Å². The third-order valence-electron chi connectivity index (χ3n) is 7.67. The average molecular weight is 610 g/mol. The molecule has 1 saturated heterocycles. The van der Waals surface area contributed by atoms with E-state index in [0.29, 0.717) is 28.9 Å². The molecule has 0 unspecified atom stereocenters. The van der Waals surface area contributed by atoms with E-state index in [4.69, 9.17) is 14.2 Å². The second-order valence-corrected chi connectivity index (χ2v) is 13.5. The number of phenols is 1. The standard InChI is InChI=1S/C34H44N2O6S/c1-34(2)16-15-27-29(42-34)23-30(40-5)32(33(27)39)28(37)14-11-25-9-12-26(13-10-25)41-20-8-6-7-19-36(3,4)24-31(38)35-17-21-43-22-18-35/h9-16,23H,6-8,17-22,24H2,1-5H3/p+1/b14-11+. The van der Waals surface area contributed by atoms with Gasteiger partial charge < -0.3 is 28.7 Å². The van der Waals surface area contributed by atoms with Crippen molar-refractivity contribution in [3.63, 3.8) is 0 Å². The number of thioether (sulfide) groups is 1. The van der Waals surface area contributed by atoms with E-state index in [2.05, 4.69) is 14.1 Å². The molecule has 4 rings (SSSR count). The minimum Gasteiger partial charge on any atom is -0.506 e. The molecular weight excluding hydrogens is 564 g/mol. The summed E-state index contributed by atoms with van der Waals surface area (Å²) in [7, 11) is 5.73. The second-order valence-electron chi connectivity index (χ2n) is 12.2. The van der Waals surface area contributed by atoms with E-state index < -0.39 is 5.60 Å². The normalized spacial score (nSPS) is 16.1. The van der Waals surface area contributed by atoms with Crippen molar-refractivity contribution in [1.29, 1.82) is 0 Å². The van der Waals surface area contributed by atoms with Crippen LogP contribution in [-0.4, -0.2) is 97.3 Å². The zero-order chi connectivity index (χ0) is 31.0. The van der Waals surface area contributed by atoms with Gasteiger partial charge in [-0.15, -0.1) is 0 Å². The fraction of sp³-hybridized carbons (Fsp3) is 0.471. The summed E-state index contributed by atoms with van der Waals surface area (Å²) in [6.45, 7) is 7.72. The van der Waals surface area contributed by atoms with Crippen LogP contribution in [0.3, 0.4) is 0 Å². The number of benzene rings is 2. The monoisotopic (exact) mass is 609 g/mol. The van der Waals surface area contributed by atoms with Crippen molar-refractivity contribution in [3.8, 4) is 23.0 Å². The minimum atomic E-state index is -0.517. The average Bonchev–Trinajstić information content (AvgIpc) is 2.97. The predicted octanol–water partition coefficient (Wildman–Crippen LogP) is 5.68. The fourth-order valence-electron chi connectivity index (χ4n) is 5.18. The van der Waals surface area contributed by atoms with Crippen LogP contribution in [0.5, 0.6) is 23.0 Å². The van der Waals surface area contributed by atoms with Crippen LogP contribution in [0.2, 0.25) is 0 Å². The number of fused-ring (bicyclic) bond motifs is 1. The van der Waals surface area contributed by atoms with Crippen LogP contribution in [0.1, 0.15) is 54.6 Å². The molecule has 2 aromatic carbocycles. The number of phenolic OH excluding ortho intramolecular Hbond substituents is 1. The third-order valence-corrected chi connectivity index (χ3v) is 8.61. The molecule has 2 heterocycles. The Morgan fingerprint density at radius 2 is 1.84 bits per heavy atom. The Morgan fingerprint density at radius 1 is 1.12 bits per heavy atom. The summed E-state index contributed by atoms with van der Waals surface area (Å²) in [5.74, 6) is 3.33. The highest BCUT2D eigenvalue weighted by Gasteiger charge is 2.29. The van der Waals surface area contributed by atoms with Gasteiger partial charge in [0.15, 0.2) is 12.3 Å². The van der Waals surface area contributed by atoms with Gasteiger partial charge in [-0.3, -0.25) is 9.59 Å². The summed E-state index contributed by atoms with van der Waals surface area (Å²) in [4.78, 5) is 27.7. The van der Waals surface area contributed by atoms with Crippen molar-refractivity contribution in [1.82, 2.24) is 4.90 Å². The molecule has 2 aliphatic rings. The molecule has 0 spiro atoms. The van der Waals surface area contributed by atoms with Crippen LogP contribution in [0.4, 0.5) is 0 Å². The van der Waals surface area contributed by atoms with Crippen LogP contribution in [0.25, 0.3) is 12.2 Å². The Hall–Kier alpha value is -3.43. The molecule has 9 heteroatoms. The Bertz CT molecular complexity index is 1340. The maximum Gasteiger partial charge on any atom is 0.277 e. The highest BCUT2D eigenvalue weighted by molar-refractivity contribution is 7.99. The molecule has 43 heavy (non-hydrogen) atoms. The lowest BCUT2D eigenvalue weighted by Gasteiger charge is -2.33. The van der Waals surface area contributed by atoms with Gasteiger partial charge in [0, 0.05) is 30.7 Å². The third kappa shape index (κ3) is 9.03. The molecule has 0 radical (unpaired) electrons. The molecular formula is C34H45N2O6S+. The van der Waals surface area contributed by atoms with Crippen LogP contribution in [-0.2, 0) is 4.79 Å². The number of ether oxygens (including phenoxy) is 3. The maximum absolute atomic E-state index is 13.1. The summed E-state index contributed by atoms with van der Waals surface area (Å²) in [6.07, 6.45) is 9.77. The summed E-state index contributed by atoms with van der Waals surface area (Å²) >= 11 is 1.92. The van der Waals surface area contributed by atoms with Crippen molar-refractivity contribution >= 4 is 35.6 Å². The van der Waals surface area contributed by atoms with Crippen molar-refractivity contribution < 1.29 is 33.4 Å². The maximum atomic E-state index is 13.1. The Balaban J connectivity index is 1.22. The van der Waals surface area contributed by atoms with Gasteiger partial charge in [-0.25, -0.2) is 0 Å². The van der Waals surface area contributed by atoms with Crippen LogP contribution < -0.4 is 14.2 Å². The van der Waals surface area contributed by atoms with E-state index in [-0.39, 0.29) is 28.8 Å². The smallest absolute Gasteiger partial charge is 0.277 e. The molecule has 232 valence electrons. The van der Waals surface area contributed by atoms with Gasteiger partial charge in [0.05, 0.1) is 39.9 Å². The van der Waals surface area contributed by atoms with Gasteiger partial charge in [-0.05, 0) is 69.0 Å². The number of aromatic hydroxyl groups is 1. The first-order chi connectivity index (χ1) is 20.5. The fourth-order valence-corrected chi connectivity index (χ4v) is 6.08. The van der Waals surface area contributed by atoms with Crippen LogP contribution in [0, 0.1) is 0 Å². The molecule has 0 atom stereocenters. The minimum absolute atomic E-state index is 0.0976.